The van der Waals surface area contributed by atoms with Crippen molar-refractivity contribution < 1.29 is 24.5 Å². The topological polar surface area (TPSA) is 76.0 Å². The summed E-state index contributed by atoms with van der Waals surface area (Å²) >= 11 is 0. The zero-order chi connectivity index (χ0) is 15.0. The fraction of sp³-hybridized carbons (Fsp3) is 0.533. The van der Waals surface area contributed by atoms with Crippen molar-refractivity contribution in [2.45, 2.75) is 32.7 Å². The molecule has 2 N–H and O–H groups in total. The van der Waals surface area contributed by atoms with Crippen LogP contribution in [0.4, 0.5) is 0 Å². The molecule has 0 aliphatic rings. The average Bonchev–Trinajstić information content (AvgIpc) is 2.47. The number of rotatable bonds is 8. The second-order valence-corrected chi connectivity index (χ2v) is 4.67. The standard InChI is InChI=1S/C15H22O5/c1-3-20-15(18)14(17)13(16)11(2)9-19-10-12-7-5-4-6-8-12/h4-8,11,13-14,16-17H,3,9-10H2,1-2H3/t11-,13+,14-/m1/s1. The normalized spacial score (nSPS) is 15.4. The number of hydrogen-bond donors (Lipinski definition) is 2. The van der Waals surface area contributed by atoms with Gasteiger partial charge in [0.2, 0.25) is 0 Å². The van der Waals surface area contributed by atoms with Crippen molar-refractivity contribution in [3.05, 3.63) is 35.9 Å². The Balaban J connectivity index is 2.34. The summed E-state index contributed by atoms with van der Waals surface area (Å²) in [6, 6.07) is 9.64. The molecular weight excluding hydrogens is 260 g/mol. The van der Waals surface area contributed by atoms with E-state index >= 15 is 0 Å². The molecule has 0 aliphatic carbocycles. The molecule has 5 nitrogen and oxygen atoms in total. The first-order chi connectivity index (χ1) is 9.56. The molecule has 0 amide bonds. The molecule has 5 heteroatoms. The van der Waals surface area contributed by atoms with Crippen molar-refractivity contribution in [1.29, 1.82) is 0 Å². The number of aliphatic hydroxyl groups is 2. The molecule has 0 fully saturated rings. The van der Waals surface area contributed by atoms with Gasteiger partial charge in [0.1, 0.15) is 0 Å². The van der Waals surface area contributed by atoms with Crippen LogP contribution in [0, 0.1) is 5.92 Å². The van der Waals surface area contributed by atoms with Crippen LogP contribution < -0.4 is 0 Å². The van der Waals surface area contributed by atoms with Crippen molar-refractivity contribution in [2.75, 3.05) is 13.2 Å². The van der Waals surface area contributed by atoms with Gasteiger partial charge in [-0.15, -0.1) is 0 Å². The van der Waals surface area contributed by atoms with Crippen LogP contribution in [0.3, 0.4) is 0 Å². The highest BCUT2D eigenvalue weighted by Gasteiger charge is 2.29. The first-order valence-corrected chi connectivity index (χ1v) is 6.70. The Morgan fingerprint density at radius 2 is 1.90 bits per heavy atom. The summed E-state index contributed by atoms with van der Waals surface area (Å²) in [7, 11) is 0. The zero-order valence-corrected chi connectivity index (χ0v) is 11.9. The average molecular weight is 282 g/mol. The lowest BCUT2D eigenvalue weighted by Gasteiger charge is -2.22. The van der Waals surface area contributed by atoms with E-state index in [-0.39, 0.29) is 19.1 Å². The third kappa shape index (κ3) is 5.28. The molecule has 0 unspecified atom stereocenters. The van der Waals surface area contributed by atoms with Crippen molar-refractivity contribution >= 4 is 5.97 Å². The molecular formula is C15H22O5. The highest BCUT2D eigenvalue weighted by Crippen LogP contribution is 2.11. The smallest absolute Gasteiger partial charge is 0.337 e. The van der Waals surface area contributed by atoms with Gasteiger partial charge in [-0.05, 0) is 12.5 Å². The minimum atomic E-state index is -1.54. The van der Waals surface area contributed by atoms with Crippen LogP contribution in [0.5, 0.6) is 0 Å². The monoisotopic (exact) mass is 282 g/mol. The summed E-state index contributed by atoms with van der Waals surface area (Å²) in [5.74, 6) is -1.19. The molecule has 0 bridgehead atoms. The summed E-state index contributed by atoms with van der Waals surface area (Å²) in [4.78, 5) is 11.3. The maximum absolute atomic E-state index is 11.3. The van der Waals surface area contributed by atoms with Gasteiger partial charge in [0.15, 0.2) is 6.10 Å². The molecule has 0 heterocycles. The van der Waals surface area contributed by atoms with Gasteiger partial charge in [0, 0.05) is 5.92 Å². The van der Waals surface area contributed by atoms with E-state index in [0.29, 0.717) is 6.61 Å². The molecule has 0 saturated carbocycles. The fourth-order valence-corrected chi connectivity index (χ4v) is 1.71. The van der Waals surface area contributed by atoms with Gasteiger partial charge in [0.25, 0.3) is 0 Å². The Morgan fingerprint density at radius 3 is 2.50 bits per heavy atom. The van der Waals surface area contributed by atoms with Gasteiger partial charge in [-0.2, -0.15) is 0 Å². The Labute approximate surface area is 119 Å². The van der Waals surface area contributed by atoms with E-state index in [1.54, 1.807) is 13.8 Å². The number of aliphatic hydroxyl groups excluding tert-OH is 2. The minimum Gasteiger partial charge on any atom is -0.464 e. The Hall–Kier alpha value is -1.43. The minimum absolute atomic E-state index is 0.168. The van der Waals surface area contributed by atoms with E-state index in [1.165, 1.54) is 0 Å². The largest absolute Gasteiger partial charge is 0.464 e. The predicted molar refractivity (Wildman–Crippen MR) is 73.9 cm³/mol. The SMILES string of the molecule is CCOC(=O)[C@H](O)[C@@H](O)[C@H](C)COCc1ccccc1. The lowest BCUT2D eigenvalue weighted by atomic mass is 10.0. The summed E-state index contributed by atoms with van der Waals surface area (Å²) in [5.41, 5.74) is 1.03. The van der Waals surface area contributed by atoms with E-state index in [4.69, 9.17) is 4.74 Å². The van der Waals surface area contributed by atoms with Gasteiger partial charge in [0.05, 0.1) is 25.9 Å². The number of carbonyl (C=O) groups excluding carboxylic acids is 1. The van der Waals surface area contributed by atoms with Crippen LogP contribution >= 0.6 is 0 Å². The number of ether oxygens (including phenoxy) is 2. The second-order valence-electron chi connectivity index (χ2n) is 4.67. The predicted octanol–water partition coefficient (Wildman–Crippen LogP) is 1.12. The summed E-state index contributed by atoms with van der Waals surface area (Å²) in [6.07, 6.45) is -2.74. The summed E-state index contributed by atoms with van der Waals surface area (Å²) in [5, 5.41) is 19.5. The third-order valence-electron chi connectivity index (χ3n) is 2.93. The van der Waals surface area contributed by atoms with Gasteiger partial charge in [-0.25, -0.2) is 4.79 Å². The molecule has 20 heavy (non-hydrogen) atoms. The molecule has 112 valence electrons. The molecule has 0 aliphatic heterocycles. The number of carbonyl (C=O) groups is 1. The van der Waals surface area contributed by atoms with Crippen LogP contribution in [-0.2, 0) is 20.9 Å². The van der Waals surface area contributed by atoms with E-state index in [0.717, 1.165) is 5.56 Å². The van der Waals surface area contributed by atoms with Gasteiger partial charge in [-0.3, -0.25) is 0 Å². The molecule has 0 radical (unpaired) electrons. The van der Waals surface area contributed by atoms with Gasteiger partial charge in [-0.1, -0.05) is 37.3 Å². The number of hydrogen-bond acceptors (Lipinski definition) is 5. The van der Waals surface area contributed by atoms with E-state index < -0.39 is 18.2 Å². The first-order valence-electron chi connectivity index (χ1n) is 6.70. The molecule has 1 rings (SSSR count). The van der Waals surface area contributed by atoms with Crippen LogP contribution in [0.25, 0.3) is 0 Å². The molecule has 0 aromatic heterocycles. The Kier molecular flexibility index (Phi) is 7.22. The van der Waals surface area contributed by atoms with Gasteiger partial charge < -0.3 is 19.7 Å². The highest BCUT2D eigenvalue weighted by molar-refractivity contribution is 5.75. The summed E-state index contributed by atoms with van der Waals surface area (Å²) in [6.45, 7) is 4.18. The molecule has 3 atom stereocenters. The van der Waals surface area contributed by atoms with E-state index in [1.807, 2.05) is 30.3 Å². The highest BCUT2D eigenvalue weighted by atomic mass is 16.5. The van der Waals surface area contributed by atoms with Crippen LogP contribution in [0.2, 0.25) is 0 Å². The maximum Gasteiger partial charge on any atom is 0.337 e. The Bertz CT molecular complexity index is 393. The van der Waals surface area contributed by atoms with Crippen molar-refractivity contribution in [3.63, 3.8) is 0 Å². The fourth-order valence-electron chi connectivity index (χ4n) is 1.71. The second kappa shape index (κ2) is 8.68. The van der Waals surface area contributed by atoms with E-state index in [9.17, 15) is 15.0 Å². The van der Waals surface area contributed by atoms with Crippen molar-refractivity contribution in [1.82, 2.24) is 0 Å². The number of esters is 1. The van der Waals surface area contributed by atoms with Crippen molar-refractivity contribution in [3.8, 4) is 0 Å². The lowest BCUT2D eigenvalue weighted by Crippen LogP contribution is -2.40. The van der Waals surface area contributed by atoms with E-state index in [2.05, 4.69) is 4.74 Å². The van der Waals surface area contributed by atoms with Gasteiger partial charge >= 0.3 is 5.97 Å². The lowest BCUT2D eigenvalue weighted by molar-refractivity contribution is -0.162. The molecule has 1 aromatic rings. The molecule has 0 saturated heterocycles. The Morgan fingerprint density at radius 1 is 1.25 bits per heavy atom. The quantitative estimate of drug-likeness (QED) is 0.699. The van der Waals surface area contributed by atoms with Crippen LogP contribution in [0.1, 0.15) is 19.4 Å². The van der Waals surface area contributed by atoms with Crippen molar-refractivity contribution in [2.24, 2.45) is 5.92 Å². The zero-order valence-electron chi connectivity index (χ0n) is 11.9. The third-order valence-corrected chi connectivity index (χ3v) is 2.93. The number of benzene rings is 1. The van der Waals surface area contributed by atoms with Crippen LogP contribution in [-0.4, -0.2) is 41.6 Å². The molecule has 0 spiro atoms. The maximum atomic E-state index is 11.3. The van der Waals surface area contributed by atoms with Crippen LogP contribution in [0.15, 0.2) is 30.3 Å². The molecule has 1 aromatic carbocycles. The summed E-state index contributed by atoms with van der Waals surface area (Å²) < 4.78 is 10.1. The first kappa shape index (κ1) is 16.6.